The molecule has 4 N–H and O–H groups in total. The summed E-state index contributed by atoms with van der Waals surface area (Å²) < 4.78 is 23.5. The summed E-state index contributed by atoms with van der Waals surface area (Å²) >= 11 is 0. The Labute approximate surface area is 458 Å². The van der Waals surface area contributed by atoms with Crippen LogP contribution in [0, 0.1) is 0 Å². The Morgan fingerprint density at radius 1 is 0.493 bits per heavy atom. The van der Waals surface area contributed by atoms with Gasteiger partial charge in [-0.25, -0.2) is 4.57 Å². The minimum absolute atomic E-state index is 0.00722. The standard InChI is InChI=1S/C65H103N2O7P/c1-6-8-10-12-14-16-18-20-21-22-23-24-25-26-27-28-29-30-31-32-33-34-35-36-37-38-39-40-41-42-43-44-45-46-48-50-52-54-56-58-64(69)66-62(61-74-75(71,72)73-60-59-67(3,4)5)65(70)63(68)57-55-53-51-49-47-19-17-15-13-11-9-7-2/h7-10,14-17,20-21,23-24,26-27,29-30,32-33,35-36,38-39,41-42,44-45,48-51,62-63,65,68,70H,6,11-13,18-19,22,25,28,31,34,37,40,43,46-47,52-61H2,1-5H3,(H-,66,69,71,72)/p+1/b9-7+,10-8-,16-14-,17-15+,21-20-,24-23-,27-26-,30-29-,33-32-,36-35-,39-38-,42-41-,45-44-,50-48-,51-49+. The molecule has 4 unspecified atom stereocenters. The van der Waals surface area contributed by atoms with E-state index in [1.807, 2.05) is 28.1 Å². The van der Waals surface area contributed by atoms with Gasteiger partial charge in [-0.1, -0.05) is 189 Å². The molecule has 0 fully saturated rings. The number of unbranched alkanes of at least 4 members (excludes halogenated alkanes) is 5. The number of hydrogen-bond acceptors (Lipinski definition) is 6. The van der Waals surface area contributed by atoms with Gasteiger partial charge in [0.2, 0.25) is 5.91 Å². The number of carbonyl (C=O) groups is 1. The van der Waals surface area contributed by atoms with Crippen molar-refractivity contribution in [1.82, 2.24) is 5.32 Å². The van der Waals surface area contributed by atoms with Gasteiger partial charge in [-0.3, -0.25) is 13.8 Å². The van der Waals surface area contributed by atoms with Crippen LogP contribution in [0.3, 0.4) is 0 Å². The molecule has 0 rings (SSSR count). The summed E-state index contributed by atoms with van der Waals surface area (Å²) in [7, 11) is 1.34. The van der Waals surface area contributed by atoms with E-state index in [2.05, 4.69) is 195 Å². The van der Waals surface area contributed by atoms with E-state index in [1.54, 1.807) is 0 Å². The molecule has 0 aromatic heterocycles. The second-order valence-corrected chi connectivity index (χ2v) is 20.8. The predicted octanol–water partition coefficient (Wildman–Crippen LogP) is 16.4. The molecule has 0 spiro atoms. The zero-order valence-corrected chi connectivity index (χ0v) is 48.2. The smallest absolute Gasteiger partial charge is 0.390 e. The molecule has 0 saturated heterocycles. The number of rotatable bonds is 48. The molecule has 0 heterocycles. The first kappa shape index (κ1) is 70.6. The van der Waals surface area contributed by atoms with Gasteiger partial charge in [-0.05, 0) is 148 Å². The fourth-order valence-corrected chi connectivity index (χ4v) is 7.60. The lowest BCUT2D eigenvalue weighted by atomic mass is 10.0. The normalized spacial score (nSPS) is 15.7. The number of nitrogens with zero attached hydrogens (tertiary/aromatic N) is 1. The van der Waals surface area contributed by atoms with Gasteiger partial charge in [0.15, 0.2) is 0 Å². The number of hydrogen-bond donors (Lipinski definition) is 4. The number of phosphoric ester groups is 1. The van der Waals surface area contributed by atoms with E-state index >= 15 is 0 Å². The summed E-state index contributed by atoms with van der Waals surface area (Å²) in [6.07, 6.45) is 83.0. The molecular formula is C65H104N2O7P+. The highest BCUT2D eigenvalue weighted by atomic mass is 31.2. The van der Waals surface area contributed by atoms with Crippen LogP contribution in [-0.2, 0) is 18.4 Å². The van der Waals surface area contributed by atoms with Gasteiger partial charge >= 0.3 is 7.82 Å². The van der Waals surface area contributed by atoms with Crippen LogP contribution in [0.4, 0.5) is 0 Å². The van der Waals surface area contributed by atoms with Gasteiger partial charge < -0.3 is 24.9 Å². The maximum atomic E-state index is 13.0. The number of carbonyl (C=O) groups excluding carboxylic acids is 1. The third-order valence-corrected chi connectivity index (χ3v) is 12.3. The minimum Gasteiger partial charge on any atom is -0.390 e. The molecule has 4 atom stereocenters. The van der Waals surface area contributed by atoms with Crippen molar-refractivity contribution in [2.45, 2.75) is 180 Å². The Hall–Kier alpha value is -4.44. The van der Waals surface area contributed by atoms with Gasteiger partial charge in [0.1, 0.15) is 19.3 Å². The highest BCUT2D eigenvalue weighted by Gasteiger charge is 2.31. The number of amides is 1. The summed E-state index contributed by atoms with van der Waals surface area (Å²) in [4.78, 5) is 23.3. The molecule has 0 bridgehead atoms. The zero-order valence-electron chi connectivity index (χ0n) is 47.3. The van der Waals surface area contributed by atoms with E-state index in [1.165, 1.54) is 0 Å². The van der Waals surface area contributed by atoms with Crippen molar-refractivity contribution in [1.29, 1.82) is 0 Å². The average molecular weight is 1060 g/mol. The van der Waals surface area contributed by atoms with Gasteiger partial charge in [0.05, 0.1) is 39.9 Å². The van der Waals surface area contributed by atoms with Gasteiger partial charge in [-0.2, -0.15) is 0 Å². The van der Waals surface area contributed by atoms with Crippen molar-refractivity contribution in [3.8, 4) is 0 Å². The largest absolute Gasteiger partial charge is 0.472 e. The van der Waals surface area contributed by atoms with Crippen molar-refractivity contribution in [2.75, 3.05) is 40.9 Å². The van der Waals surface area contributed by atoms with Crippen molar-refractivity contribution in [3.63, 3.8) is 0 Å². The number of aliphatic hydroxyl groups is 2. The average Bonchev–Trinajstić information content (AvgIpc) is 3.37. The Bertz CT molecular complexity index is 1890. The number of aliphatic hydroxyl groups excluding tert-OH is 2. The number of allylic oxidation sites excluding steroid dienone is 30. The number of nitrogens with one attached hydrogen (secondary N) is 1. The van der Waals surface area contributed by atoms with Crippen LogP contribution < -0.4 is 5.32 Å². The Kier molecular flexibility index (Phi) is 49.8. The molecule has 1 amide bonds. The molecule has 75 heavy (non-hydrogen) atoms. The maximum absolute atomic E-state index is 13.0. The lowest BCUT2D eigenvalue weighted by molar-refractivity contribution is -0.870. The van der Waals surface area contributed by atoms with Crippen molar-refractivity contribution >= 4 is 13.7 Å². The molecule has 0 aromatic carbocycles. The first-order valence-electron chi connectivity index (χ1n) is 28.2. The molecular weight excluding hydrogens is 952 g/mol. The SMILES string of the molecule is C/C=C/CC/C=C/CC/C=C/CCCC(O)C(O)C(COP(=O)(O)OCC[N+](C)(C)C)NC(=O)CCCC/C=C\C/C=C\C/C=C\C/C=C\C/C=C\C/C=C\C/C=C\C/C=C\C/C=C\C/C=C\C/C=C\C/C=C\CC. The van der Waals surface area contributed by atoms with E-state index in [9.17, 15) is 24.5 Å². The van der Waals surface area contributed by atoms with Crippen molar-refractivity contribution < 1.29 is 38.0 Å². The molecule has 0 saturated carbocycles. The van der Waals surface area contributed by atoms with Crippen LogP contribution in [-0.4, -0.2) is 84.6 Å². The quantitative estimate of drug-likeness (QED) is 0.0207. The van der Waals surface area contributed by atoms with E-state index in [0.717, 1.165) is 122 Å². The lowest BCUT2D eigenvalue weighted by Gasteiger charge is -2.28. The van der Waals surface area contributed by atoms with Gasteiger partial charge in [0.25, 0.3) is 0 Å². The highest BCUT2D eigenvalue weighted by Crippen LogP contribution is 2.43. The van der Waals surface area contributed by atoms with E-state index in [0.29, 0.717) is 30.3 Å². The molecule has 10 heteroatoms. The molecule has 0 aliphatic rings. The monoisotopic (exact) mass is 1060 g/mol. The summed E-state index contributed by atoms with van der Waals surface area (Å²) in [5.74, 6) is -0.327. The van der Waals surface area contributed by atoms with Gasteiger partial charge in [0, 0.05) is 6.42 Å². The highest BCUT2D eigenvalue weighted by molar-refractivity contribution is 7.47. The van der Waals surface area contributed by atoms with Crippen LogP contribution in [0.15, 0.2) is 182 Å². The lowest BCUT2D eigenvalue weighted by Crippen LogP contribution is -2.51. The third-order valence-electron chi connectivity index (χ3n) is 11.3. The van der Waals surface area contributed by atoms with Crippen LogP contribution in [0.5, 0.6) is 0 Å². The third kappa shape index (κ3) is 54.2. The van der Waals surface area contributed by atoms with E-state index in [-0.39, 0.29) is 18.9 Å². The second kappa shape index (κ2) is 53.0. The summed E-state index contributed by atoms with van der Waals surface area (Å²) in [6, 6.07) is -1.10. The van der Waals surface area contributed by atoms with Crippen molar-refractivity contribution in [3.05, 3.63) is 182 Å². The van der Waals surface area contributed by atoms with Crippen LogP contribution >= 0.6 is 7.82 Å². The molecule has 0 aromatic rings. The predicted molar refractivity (Wildman–Crippen MR) is 323 cm³/mol. The zero-order chi connectivity index (χ0) is 55.0. The summed E-state index contributed by atoms with van der Waals surface area (Å²) in [5.41, 5.74) is 0. The fourth-order valence-electron chi connectivity index (χ4n) is 6.87. The van der Waals surface area contributed by atoms with Crippen LogP contribution in [0.25, 0.3) is 0 Å². The van der Waals surface area contributed by atoms with E-state index < -0.39 is 32.7 Å². The first-order valence-corrected chi connectivity index (χ1v) is 29.7. The Morgan fingerprint density at radius 2 is 0.840 bits per heavy atom. The minimum atomic E-state index is -4.46. The Morgan fingerprint density at radius 3 is 1.23 bits per heavy atom. The molecule has 0 aliphatic heterocycles. The van der Waals surface area contributed by atoms with Crippen LogP contribution in [0.2, 0.25) is 0 Å². The number of quaternary nitrogens is 1. The first-order chi connectivity index (χ1) is 36.4. The number of likely N-dealkylation sites (N-methyl/N-ethyl adjacent to an activating group) is 1. The molecule has 420 valence electrons. The second-order valence-electron chi connectivity index (χ2n) is 19.3. The van der Waals surface area contributed by atoms with Crippen molar-refractivity contribution in [2.24, 2.45) is 0 Å². The number of phosphoric acid groups is 1. The fraction of sp³-hybridized carbons (Fsp3) is 0.523. The maximum Gasteiger partial charge on any atom is 0.472 e. The molecule has 9 nitrogen and oxygen atoms in total. The molecule has 0 radical (unpaired) electrons. The van der Waals surface area contributed by atoms with E-state index in [4.69, 9.17) is 9.05 Å². The van der Waals surface area contributed by atoms with Crippen LogP contribution in [0.1, 0.15) is 162 Å². The topological polar surface area (TPSA) is 125 Å². The van der Waals surface area contributed by atoms with Gasteiger partial charge in [-0.15, -0.1) is 0 Å². The Balaban J connectivity index is 4.35. The molecule has 0 aliphatic carbocycles. The summed E-state index contributed by atoms with van der Waals surface area (Å²) in [6.45, 7) is 4.17. The summed E-state index contributed by atoms with van der Waals surface area (Å²) in [5, 5.41) is 24.7.